The summed E-state index contributed by atoms with van der Waals surface area (Å²) >= 11 is 0. The highest BCUT2D eigenvalue weighted by Crippen LogP contribution is 2.43. The molecule has 2 unspecified atom stereocenters. The van der Waals surface area contributed by atoms with Gasteiger partial charge in [0.1, 0.15) is 0 Å². The summed E-state index contributed by atoms with van der Waals surface area (Å²) in [5.74, 6) is 1.75. The van der Waals surface area contributed by atoms with Crippen LogP contribution in [0.1, 0.15) is 53.4 Å². The lowest BCUT2D eigenvalue weighted by atomic mass is 9.65. The Morgan fingerprint density at radius 1 is 1.36 bits per heavy atom. The quantitative estimate of drug-likeness (QED) is 0.731. The highest BCUT2D eigenvalue weighted by molar-refractivity contribution is 4.88. The van der Waals surface area contributed by atoms with E-state index in [1.807, 2.05) is 0 Å². The molecule has 0 aliphatic heterocycles. The normalized spacial score (nSPS) is 32.1. The van der Waals surface area contributed by atoms with E-state index in [9.17, 15) is 0 Å². The number of hydrogen-bond donors (Lipinski definition) is 1. The number of nitrogens with one attached hydrogen (secondary N) is 1. The highest BCUT2D eigenvalue weighted by Gasteiger charge is 2.35. The van der Waals surface area contributed by atoms with Gasteiger partial charge < -0.3 is 5.32 Å². The lowest BCUT2D eigenvalue weighted by Gasteiger charge is -2.43. The molecule has 1 nitrogen and oxygen atoms in total. The standard InChI is InChI=1S/C13H27N/c1-10(2)8-11-9-12(14-5)6-7-13(11,3)4/h10-12,14H,6-9H2,1-5H3. The van der Waals surface area contributed by atoms with Crippen LogP contribution in [0, 0.1) is 17.3 Å². The van der Waals surface area contributed by atoms with Crippen molar-refractivity contribution in [1.29, 1.82) is 0 Å². The van der Waals surface area contributed by atoms with Crippen molar-refractivity contribution in [3.8, 4) is 0 Å². The van der Waals surface area contributed by atoms with Crippen molar-refractivity contribution in [2.75, 3.05) is 7.05 Å². The molecule has 1 rings (SSSR count). The van der Waals surface area contributed by atoms with Crippen molar-refractivity contribution in [2.24, 2.45) is 17.3 Å². The van der Waals surface area contributed by atoms with E-state index in [1.165, 1.54) is 25.7 Å². The van der Waals surface area contributed by atoms with Crippen molar-refractivity contribution in [2.45, 2.75) is 59.4 Å². The van der Waals surface area contributed by atoms with Crippen LogP contribution in [0.2, 0.25) is 0 Å². The minimum Gasteiger partial charge on any atom is -0.317 e. The Labute approximate surface area is 89.7 Å². The molecule has 0 heterocycles. The van der Waals surface area contributed by atoms with E-state index in [1.54, 1.807) is 0 Å². The van der Waals surface area contributed by atoms with E-state index >= 15 is 0 Å². The molecule has 14 heavy (non-hydrogen) atoms. The first kappa shape index (κ1) is 12.0. The van der Waals surface area contributed by atoms with Crippen LogP contribution in [-0.2, 0) is 0 Å². The summed E-state index contributed by atoms with van der Waals surface area (Å²) in [6.45, 7) is 9.59. The molecule has 1 aliphatic carbocycles. The van der Waals surface area contributed by atoms with Crippen molar-refractivity contribution in [3.63, 3.8) is 0 Å². The molecule has 0 radical (unpaired) electrons. The van der Waals surface area contributed by atoms with Gasteiger partial charge in [0.25, 0.3) is 0 Å². The van der Waals surface area contributed by atoms with E-state index < -0.39 is 0 Å². The molecular formula is C13H27N. The Bertz CT molecular complexity index is 172. The first-order valence-electron chi connectivity index (χ1n) is 6.13. The lowest BCUT2D eigenvalue weighted by Crippen LogP contribution is -2.40. The fraction of sp³-hybridized carbons (Fsp3) is 1.00. The topological polar surface area (TPSA) is 12.0 Å². The first-order chi connectivity index (χ1) is 6.45. The monoisotopic (exact) mass is 197 g/mol. The van der Waals surface area contributed by atoms with Gasteiger partial charge >= 0.3 is 0 Å². The van der Waals surface area contributed by atoms with Crippen molar-refractivity contribution < 1.29 is 0 Å². The first-order valence-corrected chi connectivity index (χ1v) is 6.13. The van der Waals surface area contributed by atoms with Crippen LogP contribution < -0.4 is 5.32 Å². The predicted molar refractivity (Wildman–Crippen MR) is 63.4 cm³/mol. The van der Waals surface area contributed by atoms with Crippen LogP contribution in [0.3, 0.4) is 0 Å². The van der Waals surface area contributed by atoms with Gasteiger partial charge in [0.15, 0.2) is 0 Å². The fourth-order valence-electron chi connectivity index (χ4n) is 2.78. The van der Waals surface area contributed by atoms with E-state index in [2.05, 4.69) is 40.1 Å². The third-order valence-corrected chi connectivity index (χ3v) is 3.98. The van der Waals surface area contributed by atoms with Gasteiger partial charge in [-0.15, -0.1) is 0 Å². The largest absolute Gasteiger partial charge is 0.317 e. The molecule has 0 saturated heterocycles. The Morgan fingerprint density at radius 3 is 2.50 bits per heavy atom. The zero-order valence-corrected chi connectivity index (χ0v) is 10.6. The van der Waals surface area contributed by atoms with Crippen LogP contribution in [0.25, 0.3) is 0 Å². The Morgan fingerprint density at radius 2 is 2.00 bits per heavy atom. The molecule has 2 atom stereocenters. The Hall–Kier alpha value is -0.0400. The predicted octanol–water partition coefficient (Wildman–Crippen LogP) is 3.45. The zero-order chi connectivity index (χ0) is 10.8. The summed E-state index contributed by atoms with van der Waals surface area (Å²) < 4.78 is 0. The number of rotatable bonds is 3. The summed E-state index contributed by atoms with van der Waals surface area (Å²) in [4.78, 5) is 0. The molecular weight excluding hydrogens is 170 g/mol. The molecule has 1 saturated carbocycles. The average Bonchev–Trinajstić information content (AvgIpc) is 2.08. The molecule has 1 aliphatic rings. The van der Waals surface area contributed by atoms with Crippen LogP contribution in [-0.4, -0.2) is 13.1 Å². The molecule has 0 aromatic rings. The van der Waals surface area contributed by atoms with Gasteiger partial charge in [0.05, 0.1) is 0 Å². The SMILES string of the molecule is CNC1CCC(C)(C)C(CC(C)C)C1. The van der Waals surface area contributed by atoms with Crippen LogP contribution in [0.15, 0.2) is 0 Å². The van der Waals surface area contributed by atoms with Gasteiger partial charge in [-0.1, -0.05) is 27.7 Å². The van der Waals surface area contributed by atoms with Crippen LogP contribution in [0.5, 0.6) is 0 Å². The van der Waals surface area contributed by atoms with E-state index in [0.717, 1.165) is 17.9 Å². The minimum absolute atomic E-state index is 0.567. The Balaban J connectivity index is 2.56. The summed E-state index contributed by atoms with van der Waals surface area (Å²) in [5.41, 5.74) is 0.567. The molecule has 0 spiro atoms. The second-order valence-electron chi connectivity index (χ2n) is 6.08. The van der Waals surface area contributed by atoms with Gasteiger partial charge in [-0.25, -0.2) is 0 Å². The maximum absolute atomic E-state index is 3.44. The molecule has 1 N–H and O–H groups in total. The maximum Gasteiger partial charge on any atom is 0.00671 e. The highest BCUT2D eigenvalue weighted by atomic mass is 14.9. The van der Waals surface area contributed by atoms with Gasteiger partial charge in [-0.05, 0) is 50.0 Å². The van der Waals surface area contributed by atoms with Crippen molar-refractivity contribution in [3.05, 3.63) is 0 Å². The van der Waals surface area contributed by atoms with E-state index in [0.29, 0.717) is 5.41 Å². The third-order valence-electron chi connectivity index (χ3n) is 3.98. The van der Waals surface area contributed by atoms with Gasteiger partial charge in [0, 0.05) is 6.04 Å². The summed E-state index contributed by atoms with van der Waals surface area (Å²) in [7, 11) is 2.11. The third kappa shape index (κ3) is 2.98. The van der Waals surface area contributed by atoms with E-state index in [4.69, 9.17) is 0 Å². The summed E-state index contributed by atoms with van der Waals surface area (Å²) in [5, 5.41) is 3.44. The zero-order valence-electron chi connectivity index (χ0n) is 10.6. The maximum atomic E-state index is 3.44. The fourth-order valence-corrected chi connectivity index (χ4v) is 2.78. The van der Waals surface area contributed by atoms with Crippen molar-refractivity contribution in [1.82, 2.24) is 5.32 Å². The average molecular weight is 197 g/mol. The van der Waals surface area contributed by atoms with Gasteiger partial charge in [0.2, 0.25) is 0 Å². The van der Waals surface area contributed by atoms with Crippen LogP contribution >= 0.6 is 0 Å². The molecule has 0 aromatic carbocycles. The van der Waals surface area contributed by atoms with Crippen molar-refractivity contribution >= 4 is 0 Å². The Kier molecular flexibility index (Phi) is 4.00. The second kappa shape index (κ2) is 4.65. The lowest BCUT2D eigenvalue weighted by molar-refractivity contribution is 0.0962. The smallest absolute Gasteiger partial charge is 0.00671 e. The molecule has 0 bridgehead atoms. The minimum atomic E-state index is 0.567. The van der Waals surface area contributed by atoms with Gasteiger partial charge in [-0.2, -0.15) is 0 Å². The molecule has 84 valence electrons. The summed E-state index contributed by atoms with van der Waals surface area (Å²) in [6, 6.07) is 0.770. The van der Waals surface area contributed by atoms with E-state index in [-0.39, 0.29) is 0 Å². The molecule has 1 heteroatoms. The van der Waals surface area contributed by atoms with Gasteiger partial charge in [-0.3, -0.25) is 0 Å². The molecule has 0 amide bonds. The molecule has 0 aromatic heterocycles. The number of hydrogen-bond acceptors (Lipinski definition) is 1. The second-order valence-corrected chi connectivity index (χ2v) is 6.08. The molecule has 1 fully saturated rings. The van der Waals surface area contributed by atoms with Crippen LogP contribution in [0.4, 0.5) is 0 Å². The summed E-state index contributed by atoms with van der Waals surface area (Å²) in [6.07, 6.45) is 5.51.